The monoisotopic (exact) mass is 269 g/mol. The van der Waals surface area contributed by atoms with Gasteiger partial charge in [-0.3, -0.25) is 9.48 Å². The van der Waals surface area contributed by atoms with Crippen LogP contribution in [0, 0.1) is 0 Å². The van der Waals surface area contributed by atoms with Crippen molar-refractivity contribution in [2.45, 2.75) is 25.9 Å². The summed E-state index contributed by atoms with van der Waals surface area (Å²) in [5.74, 6) is -0.107. The molecule has 8 nitrogen and oxygen atoms in total. The zero-order chi connectivity index (χ0) is 14.6. The minimum atomic E-state index is -0.952. The van der Waals surface area contributed by atoms with Crippen molar-refractivity contribution >= 4 is 17.6 Å². The Morgan fingerprint density at radius 2 is 2.37 bits per heavy atom. The number of nitrogens with one attached hydrogen (secondary N) is 1. The highest BCUT2D eigenvalue weighted by Crippen LogP contribution is 2.20. The Morgan fingerprint density at radius 1 is 1.74 bits per heavy atom. The van der Waals surface area contributed by atoms with Crippen LogP contribution in [0.15, 0.2) is 11.4 Å². The average molecular weight is 269 g/mol. The molecule has 1 rings (SSSR count). The maximum absolute atomic E-state index is 12.2. The maximum atomic E-state index is 12.2. The number of methoxy groups -OCH3 is 1. The predicted molar refractivity (Wildman–Crippen MR) is 70.1 cm³/mol. The molecule has 1 amide bonds. The van der Waals surface area contributed by atoms with Crippen LogP contribution in [-0.2, 0) is 16.6 Å². The third kappa shape index (κ3) is 2.84. The second-order valence-corrected chi connectivity index (χ2v) is 4.26. The molecule has 1 atom stereocenters. The molecule has 0 aromatic carbocycles. The first-order valence-corrected chi connectivity index (χ1v) is 5.76. The normalized spacial score (nSPS) is 15.1. The summed E-state index contributed by atoms with van der Waals surface area (Å²) in [6, 6.07) is 0. The number of aryl methyl sites for hydroxylation is 1. The molecule has 8 heteroatoms. The largest absolute Gasteiger partial charge is 0.409 e. The molecule has 1 aromatic rings. The molecule has 0 fully saturated rings. The van der Waals surface area contributed by atoms with Crippen molar-refractivity contribution in [2.24, 2.45) is 17.9 Å². The third-order valence-corrected chi connectivity index (χ3v) is 3.16. The van der Waals surface area contributed by atoms with Gasteiger partial charge in [-0.2, -0.15) is 5.10 Å². The standard InChI is InChI=1S/C11H19N5O3/c1-5-11(2,19-4)10(17)14-9-7(8(12)15-18)6-13-16(9)3/h6,18H,5H2,1-4H3,(H2,12,15)(H,14,17). The van der Waals surface area contributed by atoms with Gasteiger partial charge in [0.15, 0.2) is 5.84 Å². The number of hydrogen-bond donors (Lipinski definition) is 3. The van der Waals surface area contributed by atoms with E-state index in [4.69, 9.17) is 15.7 Å². The number of nitrogens with zero attached hydrogens (tertiary/aromatic N) is 3. The Bertz CT molecular complexity index is 491. The number of rotatable bonds is 5. The molecule has 0 radical (unpaired) electrons. The number of hydrogen-bond acceptors (Lipinski definition) is 5. The van der Waals surface area contributed by atoms with Gasteiger partial charge in [0.2, 0.25) is 0 Å². The zero-order valence-corrected chi connectivity index (χ0v) is 11.5. The first kappa shape index (κ1) is 15.0. The number of aromatic nitrogens is 2. The molecule has 1 heterocycles. The van der Waals surface area contributed by atoms with Crippen LogP contribution in [0.3, 0.4) is 0 Å². The molecule has 0 aliphatic heterocycles. The van der Waals surface area contributed by atoms with Gasteiger partial charge in [-0.15, -0.1) is 0 Å². The van der Waals surface area contributed by atoms with E-state index in [-0.39, 0.29) is 11.7 Å². The Morgan fingerprint density at radius 3 is 2.84 bits per heavy atom. The van der Waals surface area contributed by atoms with Gasteiger partial charge >= 0.3 is 0 Å². The molecule has 4 N–H and O–H groups in total. The lowest BCUT2D eigenvalue weighted by atomic mass is 10.0. The van der Waals surface area contributed by atoms with Crippen LogP contribution in [0.25, 0.3) is 0 Å². The molecule has 0 aliphatic rings. The summed E-state index contributed by atoms with van der Waals surface area (Å²) in [5, 5.41) is 18.2. The number of nitrogens with two attached hydrogens (primary N) is 1. The average Bonchev–Trinajstić information content (AvgIpc) is 2.78. The van der Waals surface area contributed by atoms with E-state index >= 15 is 0 Å². The van der Waals surface area contributed by atoms with Crippen molar-refractivity contribution in [2.75, 3.05) is 12.4 Å². The van der Waals surface area contributed by atoms with Gasteiger partial charge in [-0.25, -0.2) is 0 Å². The number of carbonyl (C=O) groups excluding carboxylic acids is 1. The lowest BCUT2D eigenvalue weighted by Gasteiger charge is -2.25. The smallest absolute Gasteiger partial charge is 0.257 e. The molecule has 0 saturated carbocycles. The van der Waals surface area contributed by atoms with Crippen LogP contribution in [0.5, 0.6) is 0 Å². The number of amidine groups is 1. The lowest BCUT2D eigenvalue weighted by Crippen LogP contribution is -2.42. The topological polar surface area (TPSA) is 115 Å². The highest BCUT2D eigenvalue weighted by molar-refractivity contribution is 6.05. The van der Waals surface area contributed by atoms with Crippen molar-refractivity contribution in [3.8, 4) is 0 Å². The van der Waals surface area contributed by atoms with Crippen molar-refractivity contribution in [3.05, 3.63) is 11.8 Å². The first-order chi connectivity index (χ1) is 8.89. The first-order valence-electron chi connectivity index (χ1n) is 5.76. The molecule has 106 valence electrons. The van der Waals surface area contributed by atoms with Crippen LogP contribution < -0.4 is 11.1 Å². The van der Waals surface area contributed by atoms with Crippen molar-refractivity contribution in [1.29, 1.82) is 0 Å². The summed E-state index contributed by atoms with van der Waals surface area (Å²) < 4.78 is 6.64. The summed E-state index contributed by atoms with van der Waals surface area (Å²) in [4.78, 5) is 12.2. The second-order valence-electron chi connectivity index (χ2n) is 4.26. The SMILES string of the molecule is CCC(C)(OC)C(=O)Nc1c(C(N)=NO)cnn1C. The Balaban J connectivity index is 3.07. The number of carbonyl (C=O) groups is 1. The van der Waals surface area contributed by atoms with E-state index < -0.39 is 5.60 Å². The van der Waals surface area contributed by atoms with E-state index in [0.717, 1.165) is 0 Å². The molecular weight excluding hydrogens is 250 g/mol. The Hall–Kier alpha value is -2.09. The number of anilines is 1. The minimum absolute atomic E-state index is 0.126. The highest BCUT2D eigenvalue weighted by Gasteiger charge is 2.32. The quantitative estimate of drug-likeness (QED) is 0.307. The van der Waals surface area contributed by atoms with E-state index in [1.807, 2.05) is 6.92 Å². The van der Waals surface area contributed by atoms with E-state index in [0.29, 0.717) is 17.8 Å². The summed E-state index contributed by atoms with van der Waals surface area (Å²) in [7, 11) is 3.11. The Kier molecular flexibility index (Phi) is 4.49. The summed E-state index contributed by atoms with van der Waals surface area (Å²) >= 11 is 0. The number of oxime groups is 1. The number of ether oxygens (including phenoxy) is 1. The predicted octanol–water partition coefficient (Wildman–Crippen LogP) is 0.268. The van der Waals surface area contributed by atoms with Crippen LogP contribution in [0.1, 0.15) is 25.8 Å². The summed E-state index contributed by atoms with van der Waals surface area (Å²) in [6.45, 7) is 3.53. The molecule has 19 heavy (non-hydrogen) atoms. The minimum Gasteiger partial charge on any atom is -0.409 e. The fourth-order valence-corrected chi connectivity index (χ4v) is 1.46. The second kappa shape index (κ2) is 5.70. The molecule has 0 saturated heterocycles. The molecule has 0 bridgehead atoms. The van der Waals surface area contributed by atoms with E-state index in [1.54, 1.807) is 14.0 Å². The van der Waals surface area contributed by atoms with Gasteiger partial charge in [-0.05, 0) is 13.3 Å². The van der Waals surface area contributed by atoms with Gasteiger partial charge in [0.25, 0.3) is 5.91 Å². The van der Waals surface area contributed by atoms with Crippen LogP contribution in [0.4, 0.5) is 5.82 Å². The fraction of sp³-hybridized carbons (Fsp3) is 0.545. The zero-order valence-electron chi connectivity index (χ0n) is 11.5. The molecule has 0 spiro atoms. The van der Waals surface area contributed by atoms with E-state index in [2.05, 4.69) is 15.6 Å². The Labute approximate surface area is 111 Å². The lowest BCUT2D eigenvalue weighted by molar-refractivity contribution is -0.136. The van der Waals surface area contributed by atoms with Gasteiger partial charge in [0.05, 0.1) is 11.8 Å². The van der Waals surface area contributed by atoms with Gasteiger partial charge < -0.3 is 21.0 Å². The molecular formula is C11H19N5O3. The molecule has 1 unspecified atom stereocenters. The van der Waals surface area contributed by atoms with Crippen molar-refractivity contribution in [1.82, 2.24) is 9.78 Å². The van der Waals surface area contributed by atoms with Crippen molar-refractivity contribution < 1.29 is 14.7 Å². The van der Waals surface area contributed by atoms with Crippen molar-refractivity contribution in [3.63, 3.8) is 0 Å². The molecule has 0 aliphatic carbocycles. The van der Waals surface area contributed by atoms with Crippen LogP contribution in [0.2, 0.25) is 0 Å². The highest BCUT2D eigenvalue weighted by atomic mass is 16.5. The third-order valence-electron chi connectivity index (χ3n) is 3.16. The van der Waals surface area contributed by atoms with E-state index in [9.17, 15) is 4.79 Å². The van der Waals surface area contributed by atoms with Crippen LogP contribution >= 0.6 is 0 Å². The molecule has 1 aromatic heterocycles. The number of amides is 1. The van der Waals surface area contributed by atoms with Gasteiger partial charge in [-0.1, -0.05) is 12.1 Å². The summed E-state index contributed by atoms with van der Waals surface area (Å²) in [5.41, 5.74) is 4.91. The van der Waals surface area contributed by atoms with E-state index in [1.165, 1.54) is 18.0 Å². The maximum Gasteiger partial charge on any atom is 0.257 e. The van der Waals surface area contributed by atoms with Gasteiger partial charge in [0, 0.05) is 14.2 Å². The summed E-state index contributed by atoms with van der Waals surface area (Å²) in [6.07, 6.45) is 1.91. The van der Waals surface area contributed by atoms with Crippen LogP contribution in [-0.4, -0.2) is 39.4 Å². The van der Waals surface area contributed by atoms with Gasteiger partial charge in [0.1, 0.15) is 11.4 Å². The fourth-order valence-electron chi connectivity index (χ4n) is 1.46.